The van der Waals surface area contributed by atoms with Crippen LogP contribution in [0.3, 0.4) is 0 Å². The molecule has 4 unspecified atom stereocenters. The molecule has 0 aliphatic carbocycles. The van der Waals surface area contributed by atoms with Crippen molar-refractivity contribution in [1.82, 2.24) is 26.6 Å². The summed E-state index contributed by atoms with van der Waals surface area (Å²) in [5.74, 6) is -4.22. The first kappa shape index (κ1) is 49.1. The van der Waals surface area contributed by atoms with Gasteiger partial charge < -0.3 is 60.9 Å². The van der Waals surface area contributed by atoms with Gasteiger partial charge in [0.15, 0.2) is 12.1 Å². The summed E-state index contributed by atoms with van der Waals surface area (Å²) in [4.78, 5) is 98.0. The zero-order valence-corrected chi connectivity index (χ0v) is 32.9. The van der Waals surface area contributed by atoms with E-state index in [-0.39, 0.29) is 56.9 Å². The van der Waals surface area contributed by atoms with Gasteiger partial charge in [-0.1, -0.05) is 20.8 Å². The Morgan fingerprint density at radius 1 is 0.818 bits per heavy atom. The second-order valence-electron chi connectivity index (χ2n) is 12.6. The molecular formula is C34H57N5O15S. The van der Waals surface area contributed by atoms with Gasteiger partial charge in [-0.2, -0.15) is 11.8 Å². The van der Waals surface area contributed by atoms with Crippen LogP contribution in [0.25, 0.3) is 0 Å². The van der Waals surface area contributed by atoms with Gasteiger partial charge in [0.1, 0.15) is 43.1 Å². The smallest absolute Gasteiger partial charge is 0.305 e. The van der Waals surface area contributed by atoms with Crippen LogP contribution in [0.2, 0.25) is 0 Å². The molecule has 1 aliphatic rings. The molecule has 9 atom stereocenters. The van der Waals surface area contributed by atoms with Gasteiger partial charge in [0.25, 0.3) is 0 Å². The molecule has 1 aliphatic heterocycles. The van der Waals surface area contributed by atoms with Crippen LogP contribution in [-0.4, -0.2) is 155 Å². The Morgan fingerprint density at radius 3 is 2.05 bits per heavy atom. The van der Waals surface area contributed by atoms with E-state index >= 15 is 0 Å². The van der Waals surface area contributed by atoms with Crippen molar-refractivity contribution in [1.29, 1.82) is 0 Å². The van der Waals surface area contributed by atoms with Gasteiger partial charge in [-0.05, 0) is 13.3 Å². The molecule has 0 radical (unpaired) electrons. The maximum Gasteiger partial charge on any atom is 0.305 e. The van der Waals surface area contributed by atoms with Crippen LogP contribution in [-0.2, 0) is 57.3 Å². The monoisotopic (exact) mass is 807 g/mol. The van der Waals surface area contributed by atoms with Gasteiger partial charge >= 0.3 is 11.9 Å². The Hall–Kier alpha value is -3.89. The first-order valence-electron chi connectivity index (χ1n) is 18.1. The second-order valence-corrected chi connectivity index (χ2v) is 13.7. The maximum absolute atomic E-state index is 13.1. The molecule has 21 heteroatoms. The second kappa shape index (κ2) is 26.1. The lowest BCUT2D eigenvalue weighted by atomic mass is 9.96. The molecule has 0 aromatic heterocycles. The van der Waals surface area contributed by atoms with Crippen molar-refractivity contribution in [3.8, 4) is 0 Å². The number of esters is 2. The molecule has 1 fully saturated rings. The first-order valence-corrected chi connectivity index (χ1v) is 19.2. The number of amides is 5. The molecule has 0 saturated carbocycles. The Kier molecular flexibility index (Phi) is 23.3. The lowest BCUT2D eigenvalue weighted by Gasteiger charge is -2.43. The maximum atomic E-state index is 13.1. The fraction of sp³-hybridized carbons (Fsp3) is 0.765. The van der Waals surface area contributed by atoms with Crippen LogP contribution >= 0.6 is 11.8 Å². The average Bonchev–Trinajstić information content (AvgIpc) is 3.13. The minimum Gasteiger partial charge on any atom is -0.462 e. The van der Waals surface area contributed by atoms with Crippen LogP contribution < -0.4 is 26.6 Å². The molecule has 314 valence electrons. The zero-order valence-electron chi connectivity index (χ0n) is 32.1. The number of nitrogens with one attached hydrogen (secondary N) is 5. The van der Waals surface area contributed by atoms with Gasteiger partial charge in [0.05, 0.1) is 25.2 Å². The molecular weight excluding hydrogens is 750 g/mol. The van der Waals surface area contributed by atoms with Crippen molar-refractivity contribution in [3.05, 3.63) is 0 Å². The number of carbonyl (C=O) groups is 8. The number of aliphatic hydroxyl groups is 3. The highest BCUT2D eigenvalue weighted by atomic mass is 32.2. The molecule has 5 amide bonds. The zero-order chi connectivity index (χ0) is 41.7. The number of hydrogen-bond acceptors (Lipinski definition) is 16. The summed E-state index contributed by atoms with van der Waals surface area (Å²) in [5, 5.41) is 43.0. The first-order chi connectivity index (χ1) is 26.0. The van der Waals surface area contributed by atoms with E-state index in [2.05, 4.69) is 26.6 Å². The molecule has 20 nitrogen and oxygen atoms in total. The third-order valence-electron chi connectivity index (χ3n) is 7.96. The van der Waals surface area contributed by atoms with Gasteiger partial charge in [0, 0.05) is 57.7 Å². The van der Waals surface area contributed by atoms with E-state index in [4.69, 9.17) is 18.9 Å². The Morgan fingerprint density at radius 2 is 1.47 bits per heavy atom. The summed E-state index contributed by atoms with van der Waals surface area (Å²) < 4.78 is 21.8. The van der Waals surface area contributed by atoms with E-state index in [9.17, 15) is 53.7 Å². The molecule has 0 bridgehead atoms. The molecule has 0 aromatic rings. The molecule has 8 N–H and O–H groups in total. The number of thioether (sulfide) groups is 1. The standard InChI is InChI=1S/C34H57N5O15S/c1-7-25(44)39-22(17-55-16-21(53-28(47)9-3)15-51-27(46)8-2)23(43)13-26(45)35-11-10-12-36-33(50)29(37-19(5)41)18(4)52-34-30(38-20(6)42)32(49)31(48)24(14-40)54-34/h18,21-22,24,29-32,34,40,48-49H,7-17H2,1-6H3,(H,35,45)(H,36,50)(H,37,41)(H,38,42)(H,39,44)/t18-,21?,22+,24?,29+,30?,31-,32?,34-/m1/s1. The minimum atomic E-state index is -1.59. The van der Waals surface area contributed by atoms with Gasteiger partial charge in [0.2, 0.25) is 29.5 Å². The van der Waals surface area contributed by atoms with Crippen molar-refractivity contribution in [2.75, 3.05) is 37.8 Å². The summed E-state index contributed by atoms with van der Waals surface area (Å²) in [6.45, 7) is 7.80. The molecule has 1 rings (SSSR count). The van der Waals surface area contributed by atoms with E-state index < -0.39 is 115 Å². The Bertz CT molecular complexity index is 1310. The number of rotatable bonds is 25. The van der Waals surface area contributed by atoms with E-state index in [0.29, 0.717) is 0 Å². The predicted molar refractivity (Wildman–Crippen MR) is 195 cm³/mol. The van der Waals surface area contributed by atoms with Gasteiger partial charge in [-0.3, -0.25) is 38.4 Å². The quantitative estimate of drug-likeness (QED) is 0.0265. The topological polar surface area (TPSA) is 294 Å². The predicted octanol–water partition coefficient (Wildman–Crippen LogP) is -2.68. The lowest BCUT2D eigenvalue weighted by Crippen LogP contribution is -2.66. The number of ketones is 1. The Balaban J connectivity index is 2.73. The highest BCUT2D eigenvalue weighted by Crippen LogP contribution is 2.24. The van der Waals surface area contributed by atoms with Crippen molar-refractivity contribution in [3.63, 3.8) is 0 Å². The highest BCUT2D eigenvalue weighted by Gasteiger charge is 2.46. The summed E-state index contributed by atoms with van der Waals surface area (Å²) in [6.07, 6.45) is -7.76. The lowest BCUT2D eigenvalue weighted by molar-refractivity contribution is -0.281. The van der Waals surface area contributed by atoms with E-state index in [1.165, 1.54) is 32.5 Å². The van der Waals surface area contributed by atoms with Crippen LogP contribution in [0.5, 0.6) is 0 Å². The normalized spacial score (nSPS) is 21.4. The summed E-state index contributed by atoms with van der Waals surface area (Å²) in [7, 11) is 0. The van der Waals surface area contributed by atoms with Gasteiger partial charge in [-0.25, -0.2) is 0 Å². The number of ether oxygens (including phenoxy) is 4. The number of Topliss-reactive ketones (excluding diaryl/α,β-unsaturated/α-hetero) is 1. The van der Waals surface area contributed by atoms with Crippen LogP contribution in [0.4, 0.5) is 0 Å². The summed E-state index contributed by atoms with van der Waals surface area (Å²) in [6, 6.07) is -3.61. The van der Waals surface area contributed by atoms with Gasteiger partial charge in [-0.15, -0.1) is 0 Å². The fourth-order valence-corrected chi connectivity index (χ4v) is 6.04. The summed E-state index contributed by atoms with van der Waals surface area (Å²) in [5.41, 5.74) is 0. The average molecular weight is 808 g/mol. The van der Waals surface area contributed by atoms with E-state index in [1.807, 2.05) is 0 Å². The molecule has 1 saturated heterocycles. The largest absolute Gasteiger partial charge is 0.462 e. The van der Waals surface area contributed by atoms with E-state index in [1.54, 1.807) is 20.8 Å². The fourth-order valence-electron chi connectivity index (χ4n) is 4.98. The highest BCUT2D eigenvalue weighted by molar-refractivity contribution is 7.99. The van der Waals surface area contributed by atoms with Crippen LogP contribution in [0.1, 0.15) is 73.6 Å². The summed E-state index contributed by atoms with van der Waals surface area (Å²) >= 11 is 1.17. The third kappa shape index (κ3) is 18.5. The molecule has 55 heavy (non-hydrogen) atoms. The van der Waals surface area contributed by atoms with Crippen molar-refractivity contribution >= 4 is 59.0 Å². The number of carbonyl (C=O) groups excluding carboxylic acids is 8. The third-order valence-corrected chi connectivity index (χ3v) is 9.14. The van der Waals surface area contributed by atoms with E-state index in [0.717, 1.165) is 0 Å². The molecule has 0 aromatic carbocycles. The SMILES string of the molecule is CCC(=O)N[C@@H](CSCC(COC(=O)CC)OC(=O)CC)C(=O)CC(=O)NCCCNC(=O)[C@@H](NC(C)=O)[C@@H](C)O[C@@H]1OC(CO)[C@@H](O)C(O)C1NC(C)=O. The Labute approximate surface area is 324 Å². The van der Waals surface area contributed by atoms with Crippen LogP contribution in [0, 0.1) is 0 Å². The molecule has 1 heterocycles. The van der Waals surface area contributed by atoms with Crippen molar-refractivity contribution in [2.24, 2.45) is 0 Å². The van der Waals surface area contributed by atoms with Crippen molar-refractivity contribution in [2.45, 2.75) is 129 Å². The van der Waals surface area contributed by atoms with Crippen molar-refractivity contribution < 1.29 is 72.6 Å². The minimum absolute atomic E-state index is 0.0188. The number of aliphatic hydroxyl groups excluding tert-OH is 3. The molecule has 0 spiro atoms. The number of hydrogen-bond donors (Lipinski definition) is 8. The van der Waals surface area contributed by atoms with Crippen LogP contribution in [0.15, 0.2) is 0 Å².